The smallest absolute Gasteiger partial charge is 0.203 e. The molecule has 0 amide bonds. The molecule has 5 nitrogen and oxygen atoms in total. The molecule has 1 atom stereocenters. The van der Waals surface area contributed by atoms with E-state index in [1.807, 2.05) is 31.7 Å². The Bertz CT molecular complexity index is 436. The summed E-state index contributed by atoms with van der Waals surface area (Å²) in [4.78, 5) is 4.24. The highest BCUT2D eigenvalue weighted by Gasteiger charge is 2.12. The van der Waals surface area contributed by atoms with E-state index < -0.39 is 9.84 Å². The molecule has 1 N–H and O–H groups in total. The third-order valence-corrected chi connectivity index (χ3v) is 3.03. The van der Waals surface area contributed by atoms with Crippen LogP contribution < -0.4 is 5.32 Å². The highest BCUT2D eigenvalue weighted by Crippen LogP contribution is 2.07. The predicted molar refractivity (Wildman–Crippen MR) is 60.7 cm³/mol. The van der Waals surface area contributed by atoms with Gasteiger partial charge in [-0.3, -0.25) is 0 Å². The van der Waals surface area contributed by atoms with Crippen LogP contribution >= 0.6 is 0 Å². The quantitative estimate of drug-likeness (QED) is 0.823. The Morgan fingerprint density at radius 1 is 1.60 bits per heavy atom. The second-order valence-electron chi connectivity index (χ2n) is 3.95. The van der Waals surface area contributed by atoms with Crippen molar-refractivity contribution >= 4 is 15.8 Å². The highest BCUT2D eigenvalue weighted by molar-refractivity contribution is 7.90. The SMILES string of the molecule is Cc1cn(C)c(NC(C)CS(C)(=O)=O)n1. The lowest BCUT2D eigenvalue weighted by molar-refractivity contribution is 0.597. The third-order valence-electron chi connectivity index (χ3n) is 1.93. The molecule has 0 aromatic carbocycles. The first-order chi connectivity index (χ1) is 6.78. The normalized spacial score (nSPS) is 13.9. The third kappa shape index (κ3) is 3.91. The maximum Gasteiger partial charge on any atom is 0.203 e. The lowest BCUT2D eigenvalue weighted by Gasteiger charge is -2.13. The standard InChI is InChI=1S/C9H17N3O2S/c1-7-5-12(3)9(10-7)11-8(2)6-15(4,13)14/h5,8H,6H2,1-4H3,(H,10,11). The molecule has 0 aliphatic carbocycles. The molecule has 0 fully saturated rings. The minimum absolute atomic E-state index is 0.110. The molecule has 0 saturated heterocycles. The summed E-state index contributed by atoms with van der Waals surface area (Å²) in [6, 6.07) is -0.138. The summed E-state index contributed by atoms with van der Waals surface area (Å²) in [6.45, 7) is 3.72. The number of aromatic nitrogens is 2. The van der Waals surface area contributed by atoms with Crippen LogP contribution in [0.2, 0.25) is 0 Å². The number of nitrogens with zero attached hydrogens (tertiary/aromatic N) is 2. The van der Waals surface area contributed by atoms with Gasteiger partial charge in [0.15, 0.2) is 0 Å². The minimum Gasteiger partial charge on any atom is -0.352 e. The molecule has 0 saturated carbocycles. The average molecular weight is 231 g/mol. The van der Waals surface area contributed by atoms with Gasteiger partial charge in [0, 0.05) is 25.5 Å². The first-order valence-electron chi connectivity index (χ1n) is 4.72. The molecule has 1 aromatic heterocycles. The number of aryl methyl sites for hydroxylation is 2. The lowest BCUT2D eigenvalue weighted by Crippen LogP contribution is -2.26. The van der Waals surface area contributed by atoms with Crippen molar-refractivity contribution in [2.45, 2.75) is 19.9 Å². The average Bonchev–Trinajstić information content (AvgIpc) is 2.25. The van der Waals surface area contributed by atoms with Gasteiger partial charge in [0.05, 0.1) is 11.4 Å². The lowest BCUT2D eigenvalue weighted by atomic mass is 10.4. The number of rotatable bonds is 4. The van der Waals surface area contributed by atoms with Gasteiger partial charge in [0.25, 0.3) is 0 Å². The van der Waals surface area contributed by atoms with E-state index in [2.05, 4.69) is 10.3 Å². The Kier molecular flexibility index (Phi) is 3.38. The van der Waals surface area contributed by atoms with Crippen LogP contribution in [0.25, 0.3) is 0 Å². The van der Waals surface area contributed by atoms with E-state index in [9.17, 15) is 8.42 Å². The largest absolute Gasteiger partial charge is 0.352 e. The van der Waals surface area contributed by atoms with Crippen molar-refractivity contribution in [1.29, 1.82) is 0 Å². The summed E-state index contributed by atoms with van der Waals surface area (Å²) in [5.74, 6) is 0.808. The Balaban J connectivity index is 2.66. The number of anilines is 1. The van der Waals surface area contributed by atoms with Gasteiger partial charge in [-0.1, -0.05) is 0 Å². The summed E-state index contributed by atoms with van der Waals surface area (Å²) < 4.78 is 24.0. The molecular weight excluding hydrogens is 214 g/mol. The van der Waals surface area contributed by atoms with Crippen LogP contribution in [-0.4, -0.2) is 36.0 Å². The molecule has 0 aliphatic rings. The van der Waals surface area contributed by atoms with Crippen LogP contribution in [0.15, 0.2) is 6.20 Å². The Morgan fingerprint density at radius 3 is 2.60 bits per heavy atom. The van der Waals surface area contributed by atoms with Gasteiger partial charge in [0.1, 0.15) is 9.84 Å². The molecule has 1 unspecified atom stereocenters. The van der Waals surface area contributed by atoms with Crippen LogP contribution in [0.3, 0.4) is 0 Å². The predicted octanol–water partition coefficient (Wildman–Crippen LogP) is 0.574. The summed E-state index contributed by atoms with van der Waals surface area (Å²) in [6.07, 6.45) is 3.12. The van der Waals surface area contributed by atoms with Gasteiger partial charge in [-0.2, -0.15) is 0 Å². The highest BCUT2D eigenvalue weighted by atomic mass is 32.2. The molecule has 1 rings (SSSR count). The van der Waals surface area contributed by atoms with Crippen molar-refractivity contribution in [2.24, 2.45) is 7.05 Å². The van der Waals surface area contributed by atoms with E-state index in [0.717, 1.165) is 5.69 Å². The molecule has 0 radical (unpaired) electrons. The first kappa shape index (κ1) is 12.0. The van der Waals surface area contributed by atoms with E-state index in [1.165, 1.54) is 6.26 Å². The van der Waals surface area contributed by atoms with Gasteiger partial charge in [-0.25, -0.2) is 13.4 Å². The fourth-order valence-electron chi connectivity index (χ4n) is 1.47. The van der Waals surface area contributed by atoms with E-state index in [4.69, 9.17) is 0 Å². The molecule has 1 heterocycles. The molecular formula is C9H17N3O2S. The van der Waals surface area contributed by atoms with Crippen molar-refractivity contribution in [3.8, 4) is 0 Å². The first-order valence-corrected chi connectivity index (χ1v) is 6.78. The maximum atomic E-state index is 11.1. The molecule has 6 heteroatoms. The number of nitrogens with one attached hydrogen (secondary N) is 1. The van der Waals surface area contributed by atoms with Crippen molar-refractivity contribution in [3.05, 3.63) is 11.9 Å². The van der Waals surface area contributed by atoms with Crippen LogP contribution in [0.1, 0.15) is 12.6 Å². The van der Waals surface area contributed by atoms with E-state index in [0.29, 0.717) is 5.95 Å². The number of hydrogen-bond acceptors (Lipinski definition) is 4. The van der Waals surface area contributed by atoms with Gasteiger partial charge in [0.2, 0.25) is 5.95 Å². The zero-order chi connectivity index (χ0) is 11.6. The fraction of sp³-hybridized carbons (Fsp3) is 0.667. The van der Waals surface area contributed by atoms with Crippen molar-refractivity contribution < 1.29 is 8.42 Å². The topological polar surface area (TPSA) is 64.0 Å². The minimum atomic E-state index is -2.95. The van der Waals surface area contributed by atoms with E-state index >= 15 is 0 Å². The number of hydrogen-bond donors (Lipinski definition) is 1. The zero-order valence-corrected chi connectivity index (χ0v) is 10.3. The monoisotopic (exact) mass is 231 g/mol. The van der Waals surface area contributed by atoms with Crippen LogP contribution in [0.4, 0.5) is 5.95 Å². The van der Waals surface area contributed by atoms with Gasteiger partial charge in [-0.15, -0.1) is 0 Å². The van der Waals surface area contributed by atoms with Gasteiger partial charge >= 0.3 is 0 Å². The van der Waals surface area contributed by atoms with Crippen molar-refractivity contribution in [1.82, 2.24) is 9.55 Å². The maximum absolute atomic E-state index is 11.1. The second kappa shape index (κ2) is 4.22. The second-order valence-corrected chi connectivity index (χ2v) is 6.14. The Labute approximate surface area is 90.4 Å². The van der Waals surface area contributed by atoms with Crippen LogP contribution in [0, 0.1) is 6.92 Å². The molecule has 1 aromatic rings. The molecule has 15 heavy (non-hydrogen) atoms. The zero-order valence-electron chi connectivity index (χ0n) is 9.48. The van der Waals surface area contributed by atoms with Gasteiger partial charge in [-0.05, 0) is 13.8 Å². The Hall–Kier alpha value is -1.04. The molecule has 0 aliphatic heterocycles. The number of sulfone groups is 1. The number of imidazole rings is 1. The summed E-state index contributed by atoms with van der Waals surface area (Å²) >= 11 is 0. The van der Waals surface area contributed by atoms with Gasteiger partial charge < -0.3 is 9.88 Å². The van der Waals surface area contributed by atoms with Crippen LogP contribution in [0.5, 0.6) is 0 Å². The summed E-state index contributed by atoms with van der Waals surface area (Å²) in [7, 11) is -1.08. The van der Waals surface area contributed by atoms with E-state index in [1.54, 1.807) is 0 Å². The summed E-state index contributed by atoms with van der Waals surface area (Å²) in [5.41, 5.74) is 0.909. The Morgan fingerprint density at radius 2 is 2.20 bits per heavy atom. The van der Waals surface area contributed by atoms with Crippen molar-refractivity contribution in [2.75, 3.05) is 17.3 Å². The van der Waals surface area contributed by atoms with E-state index in [-0.39, 0.29) is 11.8 Å². The van der Waals surface area contributed by atoms with Crippen LogP contribution in [-0.2, 0) is 16.9 Å². The summed E-state index contributed by atoms with van der Waals surface area (Å²) in [5, 5.41) is 3.06. The fourth-order valence-corrected chi connectivity index (χ4v) is 2.46. The molecule has 0 bridgehead atoms. The molecule has 86 valence electrons. The van der Waals surface area contributed by atoms with Crippen molar-refractivity contribution in [3.63, 3.8) is 0 Å². The molecule has 0 spiro atoms.